The minimum Gasteiger partial charge on any atom is -0.269 e. The lowest BCUT2D eigenvalue weighted by molar-refractivity contribution is -0.450. The molecule has 2 rings (SSSR count). The van der Waals surface area contributed by atoms with Crippen LogP contribution in [0.15, 0.2) is 30.3 Å². The molecule has 1 aliphatic heterocycles. The van der Waals surface area contributed by atoms with Crippen LogP contribution in [0, 0.1) is 0 Å². The largest absolute Gasteiger partial charge is 0.304 e. The van der Waals surface area contributed by atoms with Crippen LogP contribution in [0.5, 0.6) is 0 Å². The predicted molar refractivity (Wildman–Crippen MR) is 66.0 cm³/mol. The molecule has 1 aromatic carbocycles. The van der Waals surface area contributed by atoms with Crippen molar-refractivity contribution in [2.45, 2.75) is 18.6 Å². The Morgan fingerprint density at radius 1 is 1.40 bits per heavy atom. The van der Waals surface area contributed by atoms with E-state index < -0.39 is 0 Å². The highest BCUT2D eigenvalue weighted by molar-refractivity contribution is 8.14. The number of nitrogens with one attached hydrogen (secondary N) is 2. The first-order valence-electron chi connectivity index (χ1n) is 5.40. The summed E-state index contributed by atoms with van der Waals surface area (Å²) in [7, 11) is 0. The summed E-state index contributed by atoms with van der Waals surface area (Å²) < 4.78 is 0. The van der Waals surface area contributed by atoms with Crippen molar-refractivity contribution in [1.29, 1.82) is 0 Å². The van der Waals surface area contributed by atoms with Crippen molar-refractivity contribution in [3.63, 3.8) is 0 Å². The molecule has 0 aromatic heterocycles. The highest BCUT2D eigenvalue weighted by atomic mass is 32.2. The van der Waals surface area contributed by atoms with Crippen molar-refractivity contribution >= 4 is 16.9 Å². The zero-order chi connectivity index (χ0) is 10.5. The van der Waals surface area contributed by atoms with Crippen LogP contribution in [0.1, 0.15) is 12.5 Å². The molecule has 0 amide bonds. The summed E-state index contributed by atoms with van der Waals surface area (Å²) >= 11 is 1.90. The summed E-state index contributed by atoms with van der Waals surface area (Å²) in [4.78, 5) is 3.36. The number of amidine groups is 1. The molecule has 1 atom stereocenters. The third kappa shape index (κ3) is 3.27. The molecule has 2 N–H and O–H groups in total. The standard InChI is InChI=1S/C12H16N2S/c1-10-9-14-12(15-10)13-8-7-11-5-3-2-4-6-11/h2-6,10H,7-9H2,1H3,(H,13,14)/p+1/t10-/m1/s1. The van der Waals surface area contributed by atoms with Crippen LogP contribution in [-0.2, 0) is 6.42 Å². The quantitative estimate of drug-likeness (QED) is 0.772. The van der Waals surface area contributed by atoms with Gasteiger partial charge in [0.2, 0.25) is 0 Å². The molecule has 0 saturated heterocycles. The molecule has 0 spiro atoms. The average molecular weight is 221 g/mol. The van der Waals surface area contributed by atoms with Crippen molar-refractivity contribution < 1.29 is 4.99 Å². The summed E-state index contributed by atoms with van der Waals surface area (Å²) in [6.45, 7) is 4.33. The van der Waals surface area contributed by atoms with Crippen LogP contribution in [0.3, 0.4) is 0 Å². The van der Waals surface area contributed by atoms with E-state index in [1.54, 1.807) is 0 Å². The topological polar surface area (TPSA) is 26.0 Å². The summed E-state index contributed by atoms with van der Waals surface area (Å²) in [6.07, 6.45) is 1.08. The molecule has 0 unspecified atom stereocenters. The third-order valence-electron chi connectivity index (χ3n) is 2.41. The molecule has 0 fully saturated rings. The zero-order valence-electron chi connectivity index (χ0n) is 8.99. The van der Waals surface area contributed by atoms with Crippen molar-refractivity contribution in [3.05, 3.63) is 35.9 Å². The van der Waals surface area contributed by atoms with Gasteiger partial charge in [-0.3, -0.25) is 10.3 Å². The summed E-state index contributed by atoms with van der Waals surface area (Å²) in [5.74, 6) is 0. The lowest BCUT2D eigenvalue weighted by Crippen LogP contribution is -2.73. The second kappa shape index (κ2) is 5.21. The van der Waals surface area contributed by atoms with Crippen molar-refractivity contribution in [3.8, 4) is 0 Å². The molecule has 0 aliphatic carbocycles. The van der Waals surface area contributed by atoms with Gasteiger partial charge in [0.25, 0.3) is 0 Å². The molecule has 15 heavy (non-hydrogen) atoms. The second-order valence-corrected chi connectivity index (χ2v) is 5.25. The molecular weight excluding hydrogens is 204 g/mol. The van der Waals surface area contributed by atoms with Crippen molar-refractivity contribution in [1.82, 2.24) is 5.32 Å². The number of hydrogen-bond donors (Lipinski definition) is 2. The summed E-state index contributed by atoms with van der Waals surface area (Å²) in [6, 6.07) is 10.6. The normalized spacial score (nSPS) is 20.1. The molecule has 0 saturated carbocycles. The molecule has 1 heterocycles. The molecule has 1 aliphatic rings. The van der Waals surface area contributed by atoms with Crippen LogP contribution in [0.25, 0.3) is 0 Å². The first-order valence-corrected chi connectivity index (χ1v) is 6.28. The number of rotatable bonds is 3. The Kier molecular flexibility index (Phi) is 3.67. The second-order valence-electron chi connectivity index (χ2n) is 3.80. The van der Waals surface area contributed by atoms with Gasteiger partial charge in [0.1, 0.15) is 0 Å². The Morgan fingerprint density at radius 3 is 2.87 bits per heavy atom. The molecular formula is C12H17N2S+. The third-order valence-corrected chi connectivity index (χ3v) is 3.50. The number of thioether (sulfide) groups is 1. The highest BCUT2D eigenvalue weighted by Crippen LogP contribution is 2.09. The lowest BCUT2D eigenvalue weighted by atomic mass is 10.2. The average Bonchev–Trinajstić information content (AvgIpc) is 2.66. The first kappa shape index (κ1) is 10.6. The van der Waals surface area contributed by atoms with Crippen LogP contribution < -0.4 is 10.3 Å². The van der Waals surface area contributed by atoms with Crippen LogP contribution in [-0.4, -0.2) is 23.5 Å². The minimum atomic E-state index is 0.698. The molecule has 3 heteroatoms. The number of hydrogen-bond acceptors (Lipinski definition) is 2. The zero-order valence-corrected chi connectivity index (χ0v) is 9.81. The maximum absolute atomic E-state index is 3.43. The Balaban J connectivity index is 1.72. The van der Waals surface area contributed by atoms with Gasteiger partial charge in [0, 0.05) is 6.42 Å². The summed E-state index contributed by atoms with van der Waals surface area (Å²) in [5, 5.41) is 5.36. The van der Waals surface area contributed by atoms with Gasteiger partial charge < -0.3 is 0 Å². The predicted octanol–water partition coefficient (Wildman–Crippen LogP) is 0.391. The fourth-order valence-corrected chi connectivity index (χ4v) is 2.51. The first-order chi connectivity index (χ1) is 7.34. The van der Waals surface area contributed by atoms with Crippen LogP contribution >= 0.6 is 11.8 Å². The van der Waals surface area contributed by atoms with Gasteiger partial charge in [-0.1, -0.05) is 30.3 Å². The van der Waals surface area contributed by atoms with Gasteiger partial charge in [-0.15, -0.1) is 0 Å². The maximum atomic E-state index is 3.43. The van der Waals surface area contributed by atoms with Crippen LogP contribution in [0.4, 0.5) is 0 Å². The van der Waals surface area contributed by atoms with E-state index in [0.717, 1.165) is 19.5 Å². The smallest absolute Gasteiger partial charge is 0.269 e. The summed E-state index contributed by atoms with van der Waals surface area (Å²) in [5.41, 5.74) is 1.39. The fraction of sp³-hybridized carbons (Fsp3) is 0.417. The minimum absolute atomic E-state index is 0.698. The van der Waals surface area contributed by atoms with Crippen LogP contribution in [0.2, 0.25) is 0 Å². The maximum Gasteiger partial charge on any atom is 0.304 e. The van der Waals surface area contributed by atoms with E-state index in [4.69, 9.17) is 0 Å². The lowest BCUT2D eigenvalue weighted by Gasteiger charge is -1.99. The van der Waals surface area contributed by atoms with Gasteiger partial charge >= 0.3 is 5.17 Å². The number of benzene rings is 1. The van der Waals surface area contributed by atoms with Gasteiger partial charge in [-0.05, 0) is 24.2 Å². The van der Waals surface area contributed by atoms with Crippen molar-refractivity contribution in [2.75, 3.05) is 13.1 Å². The Labute approximate surface area is 95.2 Å². The highest BCUT2D eigenvalue weighted by Gasteiger charge is 2.19. The Hall–Kier alpha value is -0.960. The van der Waals surface area contributed by atoms with Gasteiger partial charge in [-0.25, -0.2) is 0 Å². The van der Waals surface area contributed by atoms with E-state index in [-0.39, 0.29) is 0 Å². The van der Waals surface area contributed by atoms with E-state index in [2.05, 4.69) is 47.6 Å². The van der Waals surface area contributed by atoms with E-state index in [1.165, 1.54) is 10.7 Å². The van der Waals surface area contributed by atoms with Crippen molar-refractivity contribution in [2.24, 2.45) is 0 Å². The molecule has 1 aromatic rings. The molecule has 2 nitrogen and oxygen atoms in total. The van der Waals surface area contributed by atoms with Gasteiger partial charge in [-0.2, -0.15) is 0 Å². The monoisotopic (exact) mass is 221 g/mol. The van der Waals surface area contributed by atoms with E-state index in [0.29, 0.717) is 5.25 Å². The Bertz CT molecular complexity index is 335. The van der Waals surface area contributed by atoms with E-state index in [1.807, 2.05) is 11.8 Å². The fourth-order valence-electron chi connectivity index (χ4n) is 1.59. The SMILES string of the molecule is C[C@@H]1C[NH+]=C(NCCc2ccccc2)S1. The molecule has 0 radical (unpaired) electrons. The molecule has 0 bridgehead atoms. The molecule has 80 valence electrons. The Morgan fingerprint density at radius 2 is 2.20 bits per heavy atom. The van der Waals surface area contributed by atoms with E-state index >= 15 is 0 Å². The van der Waals surface area contributed by atoms with Gasteiger partial charge in [0.05, 0.1) is 18.3 Å². The van der Waals surface area contributed by atoms with E-state index in [9.17, 15) is 0 Å². The van der Waals surface area contributed by atoms with Gasteiger partial charge in [0.15, 0.2) is 0 Å².